The van der Waals surface area contributed by atoms with E-state index in [1.54, 1.807) is 12.1 Å². The predicted molar refractivity (Wildman–Crippen MR) is 103 cm³/mol. The topological polar surface area (TPSA) is 110 Å². The molecule has 0 radical (unpaired) electrons. The SMILES string of the molecule is O=C1COc2ccc(N3C(=O)OC(CCOCc4ccccc4)C3CO)nc2N1. The molecule has 2 amide bonds. The molecule has 1 saturated heterocycles. The van der Waals surface area contributed by atoms with Crippen LogP contribution >= 0.6 is 0 Å². The zero-order chi connectivity index (χ0) is 20.2. The molecule has 0 saturated carbocycles. The highest BCUT2D eigenvalue weighted by molar-refractivity contribution is 5.95. The Kier molecular flexibility index (Phi) is 5.59. The summed E-state index contributed by atoms with van der Waals surface area (Å²) in [5.41, 5.74) is 1.05. The van der Waals surface area contributed by atoms with Crippen LogP contribution in [0.3, 0.4) is 0 Å². The normalized spacial score (nSPS) is 20.7. The molecule has 3 heterocycles. The Morgan fingerprint density at radius 1 is 1.21 bits per heavy atom. The summed E-state index contributed by atoms with van der Waals surface area (Å²) in [6, 6.07) is 12.4. The lowest BCUT2D eigenvalue weighted by atomic mass is 10.1. The molecule has 2 unspecified atom stereocenters. The maximum absolute atomic E-state index is 12.4. The lowest BCUT2D eigenvalue weighted by molar-refractivity contribution is -0.118. The third kappa shape index (κ3) is 4.15. The quantitative estimate of drug-likeness (QED) is 0.682. The van der Waals surface area contributed by atoms with Crippen LogP contribution in [0.15, 0.2) is 42.5 Å². The van der Waals surface area contributed by atoms with Crippen LogP contribution in [0.4, 0.5) is 16.4 Å². The van der Waals surface area contributed by atoms with Crippen molar-refractivity contribution in [2.24, 2.45) is 0 Å². The third-order valence-corrected chi connectivity index (χ3v) is 4.76. The van der Waals surface area contributed by atoms with Gasteiger partial charge in [0, 0.05) is 6.42 Å². The van der Waals surface area contributed by atoms with E-state index in [0.29, 0.717) is 25.4 Å². The van der Waals surface area contributed by atoms with Gasteiger partial charge < -0.3 is 24.6 Å². The lowest BCUT2D eigenvalue weighted by Crippen LogP contribution is -2.40. The third-order valence-electron chi connectivity index (χ3n) is 4.76. The zero-order valence-corrected chi connectivity index (χ0v) is 15.6. The predicted octanol–water partition coefficient (Wildman–Crippen LogP) is 1.71. The number of aliphatic hydroxyl groups excluding tert-OH is 1. The number of carbonyl (C=O) groups is 2. The molecule has 1 aromatic heterocycles. The van der Waals surface area contributed by atoms with Crippen LogP contribution in [0.5, 0.6) is 5.75 Å². The summed E-state index contributed by atoms with van der Waals surface area (Å²) in [7, 11) is 0. The van der Waals surface area contributed by atoms with Gasteiger partial charge in [-0.2, -0.15) is 0 Å². The number of carbonyl (C=O) groups excluding carboxylic acids is 2. The first-order chi connectivity index (χ1) is 14.2. The molecule has 0 bridgehead atoms. The number of pyridine rings is 1. The number of aliphatic hydroxyl groups is 1. The van der Waals surface area contributed by atoms with Crippen molar-refractivity contribution in [1.29, 1.82) is 0 Å². The monoisotopic (exact) mass is 399 g/mol. The van der Waals surface area contributed by atoms with Crippen molar-refractivity contribution in [2.45, 2.75) is 25.2 Å². The Morgan fingerprint density at radius 2 is 2.03 bits per heavy atom. The molecule has 152 valence electrons. The highest BCUT2D eigenvalue weighted by Crippen LogP contribution is 2.32. The Balaban J connectivity index is 1.40. The number of hydrogen-bond donors (Lipinski definition) is 2. The van der Waals surface area contributed by atoms with Crippen LogP contribution in [0.1, 0.15) is 12.0 Å². The molecule has 0 aliphatic carbocycles. The van der Waals surface area contributed by atoms with Crippen molar-refractivity contribution >= 4 is 23.6 Å². The van der Waals surface area contributed by atoms with Crippen molar-refractivity contribution in [3.63, 3.8) is 0 Å². The number of amides is 2. The Labute approximate surface area is 167 Å². The van der Waals surface area contributed by atoms with E-state index in [-0.39, 0.29) is 30.8 Å². The highest BCUT2D eigenvalue weighted by atomic mass is 16.6. The number of ether oxygens (including phenoxy) is 3. The first-order valence-corrected chi connectivity index (χ1v) is 9.32. The van der Waals surface area contributed by atoms with E-state index in [0.717, 1.165) is 5.56 Å². The standard InChI is InChI=1S/C20H21N3O6/c24-10-14-15(8-9-27-11-13-4-2-1-3-5-13)29-20(26)23(14)17-7-6-16-19(21-17)22-18(25)12-28-16/h1-7,14-15,24H,8-12H2,(H,21,22,25). The second kappa shape index (κ2) is 8.46. The van der Waals surface area contributed by atoms with Crippen molar-refractivity contribution in [3.05, 3.63) is 48.0 Å². The summed E-state index contributed by atoms with van der Waals surface area (Å²) in [4.78, 5) is 29.5. The number of aromatic nitrogens is 1. The van der Waals surface area contributed by atoms with Gasteiger partial charge in [-0.05, 0) is 17.7 Å². The number of rotatable bonds is 7. The van der Waals surface area contributed by atoms with Gasteiger partial charge in [-0.1, -0.05) is 30.3 Å². The van der Waals surface area contributed by atoms with E-state index in [2.05, 4.69) is 10.3 Å². The van der Waals surface area contributed by atoms with Crippen LogP contribution in [0.2, 0.25) is 0 Å². The molecule has 1 aromatic carbocycles. The summed E-state index contributed by atoms with van der Waals surface area (Å²) < 4.78 is 16.4. The molecule has 2 atom stereocenters. The summed E-state index contributed by atoms with van der Waals surface area (Å²) >= 11 is 0. The van der Waals surface area contributed by atoms with E-state index < -0.39 is 18.2 Å². The largest absolute Gasteiger partial charge is 0.480 e. The fourth-order valence-corrected chi connectivity index (χ4v) is 3.33. The van der Waals surface area contributed by atoms with Gasteiger partial charge in [0.25, 0.3) is 5.91 Å². The first kappa shape index (κ1) is 19.2. The molecule has 0 spiro atoms. The first-order valence-electron chi connectivity index (χ1n) is 9.32. The number of nitrogens with one attached hydrogen (secondary N) is 1. The molecular formula is C20H21N3O6. The minimum Gasteiger partial charge on any atom is -0.480 e. The number of nitrogens with zero attached hydrogens (tertiary/aromatic N) is 2. The second-order valence-corrected chi connectivity index (χ2v) is 6.72. The van der Waals surface area contributed by atoms with Crippen LogP contribution in [-0.4, -0.2) is 54.1 Å². The summed E-state index contributed by atoms with van der Waals surface area (Å²) in [6.45, 7) is 0.459. The molecule has 2 aliphatic heterocycles. The van der Waals surface area contributed by atoms with Crippen molar-refractivity contribution in [1.82, 2.24) is 4.98 Å². The van der Waals surface area contributed by atoms with Crippen molar-refractivity contribution in [3.8, 4) is 5.75 Å². The van der Waals surface area contributed by atoms with E-state index in [4.69, 9.17) is 14.2 Å². The van der Waals surface area contributed by atoms with Crippen LogP contribution in [0.25, 0.3) is 0 Å². The van der Waals surface area contributed by atoms with Crippen LogP contribution in [-0.2, 0) is 20.9 Å². The molecule has 1 fully saturated rings. The van der Waals surface area contributed by atoms with Gasteiger partial charge in [0.1, 0.15) is 18.0 Å². The Morgan fingerprint density at radius 3 is 2.83 bits per heavy atom. The maximum atomic E-state index is 12.4. The fraction of sp³-hybridized carbons (Fsp3) is 0.350. The van der Waals surface area contributed by atoms with Crippen molar-refractivity contribution < 1.29 is 28.9 Å². The number of fused-ring (bicyclic) bond motifs is 1. The lowest BCUT2D eigenvalue weighted by Gasteiger charge is -2.24. The van der Waals surface area contributed by atoms with Crippen LogP contribution in [0, 0.1) is 0 Å². The Bertz CT molecular complexity index is 891. The number of hydrogen-bond acceptors (Lipinski definition) is 7. The minimum absolute atomic E-state index is 0.0793. The molecule has 9 nitrogen and oxygen atoms in total. The second-order valence-electron chi connectivity index (χ2n) is 6.72. The average Bonchev–Trinajstić information content (AvgIpc) is 3.06. The van der Waals surface area contributed by atoms with Gasteiger partial charge in [-0.25, -0.2) is 9.78 Å². The maximum Gasteiger partial charge on any atom is 0.416 e. The van der Waals surface area contributed by atoms with Gasteiger partial charge in [0.05, 0.1) is 19.8 Å². The fourth-order valence-electron chi connectivity index (χ4n) is 3.33. The molecule has 2 aromatic rings. The molecule has 2 aliphatic rings. The van der Waals surface area contributed by atoms with E-state index in [9.17, 15) is 14.7 Å². The zero-order valence-electron chi connectivity index (χ0n) is 15.6. The van der Waals surface area contributed by atoms with E-state index >= 15 is 0 Å². The summed E-state index contributed by atoms with van der Waals surface area (Å²) in [6.07, 6.45) is -0.704. The molecule has 2 N–H and O–H groups in total. The number of anilines is 2. The van der Waals surface area contributed by atoms with E-state index in [1.165, 1.54) is 4.90 Å². The van der Waals surface area contributed by atoms with Gasteiger partial charge in [-0.3, -0.25) is 9.69 Å². The average molecular weight is 399 g/mol. The van der Waals surface area contributed by atoms with Gasteiger partial charge in [-0.15, -0.1) is 0 Å². The van der Waals surface area contributed by atoms with Gasteiger partial charge in [0.15, 0.2) is 18.2 Å². The smallest absolute Gasteiger partial charge is 0.416 e. The minimum atomic E-state index is -0.604. The molecule has 4 rings (SSSR count). The molecule has 29 heavy (non-hydrogen) atoms. The van der Waals surface area contributed by atoms with Crippen molar-refractivity contribution in [2.75, 3.05) is 30.0 Å². The summed E-state index contributed by atoms with van der Waals surface area (Å²) in [5, 5.41) is 12.5. The highest BCUT2D eigenvalue weighted by Gasteiger charge is 2.43. The number of cyclic esters (lactones) is 1. The van der Waals surface area contributed by atoms with Gasteiger partial charge >= 0.3 is 6.09 Å². The van der Waals surface area contributed by atoms with Gasteiger partial charge in [0.2, 0.25) is 0 Å². The van der Waals surface area contributed by atoms with Crippen LogP contribution < -0.4 is 15.0 Å². The number of benzene rings is 1. The Hall–Kier alpha value is -3.17. The summed E-state index contributed by atoms with van der Waals surface area (Å²) in [5.74, 6) is 0.606. The molecular weight excluding hydrogens is 378 g/mol. The molecule has 9 heteroatoms. The van der Waals surface area contributed by atoms with E-state index in [1.807, 2.05) is 30.3 Å².